The van der Waals surface area contributed by atoms with Gasteiger partial charge in [0.1, 0.15) is 10.6 Å². The van der Waals surface area contributed by atoms with Crippen LogP contribution >= 0.6 is 22.9 Å². The second kappa shape index (κ2) is 11.4. The Morgan fingerprint density at radius 2 is 1.96 bits per heavy atom. The van der Waals surface area contributed by atoms with Gasteiger partial charge in [-0.1, -0.05) is 37.8 Å². The molecule has 0 atom stereocenters. The zero-order valence-electron chi connectivity index (χ0n) is 16.4. The number of halogens is 1. The van der Waals surface area contributed by atoms with Crippen LogP contribution in [0.25, 0.3) is 0 Å². The highest BCUT2D eigenvalue weighted by Gasteiger charge is 2.15. The average molecular weight is 409 g/mol. The molecule has 0 amide bonds. The molecule has 3 rings (SSSR count). The van der Waals surface area contributed by atoms with E-state index in [4.69, 9.17) is 16.3 Å². The minimum Gasteiger partial charge on any atom is -0.493 e. The van der Waals surface area contributed by atoms with Gasteiger partial charge in [0.15, 0.2) is 0 Å². The molecule has 1 saturated carbocycles. The predicted molar refractivity (Wildman–Crippen MR) is 113 cm³/mol. The number of aryl methyl sites for hydroxylation is 2. The van der Waals surface area contributed by atoms with Gasteiger partial charge in [-0.25, -0.2) is 4.79 Å². The normalized spacial score (nSPS) is 13.8. The van der Waals surface area contributed by atoms with Crippen LogP contribution in [0.15, 0.2) is 30.3 Å². The van der Waals surface area contributed by atoms with E-state index < -0.39 is 0 Å². The van der Waals surface area contributed by atoms with Crippen LogP contribution in [0.4, 0.5) is 0 Å². The van der Waals surface area contributed by atoms with Crippen molar-refractivity contribution in [2.45, 2.75) is 52.4 Å². The molecule has 0 N–H and O–H groups in total. The average Bonchev–Trinajstić information content (AvgIpc) is 3.31. The molecule has 3 nitrogen and oxygen atoms in total. The molecule has 1 aliphatic carbocycles. The zero-order valence-corrected chi connectivity index (χ0v) is 18.0. The van der Waals surface area contributed by atoms with Crippen molar-refractivity contribution in [2.75, 3.05) is 13.7 Å². The quantitative estimate of drug-likeness (QED) is 0.498. The maximum atomic E-state index is 11.0. The first kappa shape index (κ1) is 21.8. The summed E-state index contributed by atoms with van der Waals surface area (Å²) in [6.45, 7) is 5.01. The van der Waals surface area contributed by atoms with E-state index in [1.54, 1.807) is 0 Å². The van der Waals surface area contributed by atoms with Crippen molar-refractivity contribution in [1.29, 1.82) is 0 Å². The van der Waals surface area contributed by atoms with Crippen molar-refractivity contribution in [3.05, 3.63) is 50.7 Å². The number of thiophene rings is 1. The SMILES string of the molecule is CCCc1ccc(C(=O)OC)s1.Cc1cc(Cl)cc(OCC2CCCC2)c1. The van der Waals surface area contributed by atoms with Gasteiger partial charge in [-0.15, -0.1) is 11.3 Å². The molecule has 27 heavy (non-hydrogen) atoms. The van der Waals surface area contributed by atoms with Gasteiger partial charge in [-0.2, -0.15) is 0 Å². The van der Waals surface area contributed by atoms with Crippen LogP contribution in [0.2, 0.25) is 5.02 Å². The number of methoxy groups -OCH3 is 1. The Labute approximate surface area is 171 Å². The Bertz CT molecular complexity index is 700. The maximum Gasteiger partial charge on any atom is 0.348 e. The summed E-state index contributed by atoms with van der Waals surface area (Å²) in [5.41, 5.74) is 1.16. The Balaban J connectivity index is 0.000000199. The van der Waals surface area contributed by atoms with Gasteiger partial charge in [-0.3, -0.25) is 0 Å². The van der Waals surface area contributed by atoms with E-state index >= 15 is 0 Å². The van der Waals surface area contributed by atoms with Crippen molar-refractivity contribution in [3.63, 3.8) is 0 Å². The van der Waals surface area contributed by atoms with Gasteiger partial charge in [0.05, 0.1) is 13.7 Å². The first-order valence-corrected chi connectivity index (χ1v) is 10.8. The molecule has 148 valence electrons. The topological polar surface area (TPSA) is 35.5 Å². The predicted octanol–water partition coefficient (Wildman–Crippen LogP) is 6.70. The van der Waals surface area contributed by atoms with Crippen molar-refractivity contribution in [1.82, 2.24) is 0 Å². The Kier molecular flexibility index (Phi) is 9.16. The monoisotopic (exact) mass is 408 g/mol. The Hall–Kier alpha value is -1.52. The Morgan fingerprint density at radius 1 is 1.22 bits per heavy atom. The van der Waals surface area contributed by atoms with Gasteiger partial charge in [0, 0.05) is 9.90 Å². The van der Waals surface area contributed by atoms with Crippen LogP contribution in [0.1, 0.15) is 59.1 Å². The summed E-state index contributed by atoms with van der Waals surface area (Å²) in [4.78, 5) is 13.0. The first-order valence-electron chi connectivity index (χ1n) is 9.58. The van der Waals surface area contributed by atoms with E-state index in [0.29, 0.717) is 4.88 Å². The van der Waals surface area contributed by atoms with Crippen molar-refractivity contribution < 1.29 is 14.3 Å². The Morgan fingerprint density at radius 3 is 2.59 bits per heavy atom. The van der Waals surface area contributed by atoms with E-state index in [1.807, 2.05) is 37.3 Å². The summed E-state index contributed by atoms with van der Waals surface area (Å²) in [5.74, 6) is 1.43. The van der Waals surface area contributed by atoms with Gasteiger partial charge in [0.2, 0.25) is 0 Å². The number of carbonyl (C=O) groups excluding carboxylic acids is 1. The standard InChI is InChI=1S/C13H17ClO.C9H12O2S/c1-10-6-12(14)8-13(7-10)15-9-11-4-2-3-5-11;1-3-4-7-5-6-8(12-7)9(10)11-2/h6-8,11H,2-5,9H2,1H3;5-6H,3-4H2,1-2H3. The molecule has 1 aliphatic rings. The molecule has 1 heterocycles. The molecule has 0 saturated heterocycles. The zero-order chi connectivity index (χ0) is 19.6. The van der Waals surface area contributed by atoms with Crippen LogP contribution in [0, 0.1) is 12.8 Å². The fourth-order valence-corrected chi connectivity index (χ4v) is 4.45. The summed E-state index contributed by atoms with van der Waals surface area (Å²) < 4.78 is 10.4. The van der Waals surface area contributed by atoms with E-state index in [2.05, 4.69) is 11.7 Å². The number of ether oxygens (including phenoxy) is 2. The molecule has 0 aliphatic heterocycles. The summed E-state index contributed by atoms with van der Waals surface area (Å²) in [5, 5.41) is 0.761. The maximum absolute atomic E-state index is 11.0. The second-order valence-corrected chi connectivity index (χ2v) is 8.54. The highest BCUT2D eigenvalue weighted by Crippen LogP contribution is 2.27. The lowest BCUT2D eigenvalue weighted by Crippen LogP contribution is -2.07. The third kappa shape index (κ3) is 7.55. The molecular formula is C22H29ClO3S. The molecular weight excluding hydrogens is 380 g/mol. The number of hydrogen-bond acceptors (Lipinski definition) is 4. The minimum atomic E-state index is -0.234. The van der Waals surface area contributed by atoms with E-state index in [0.717, 1.165) is 41.7 Å². The van der Waals surface area contributed by atoms with E-state index in [1.165, 1.54) is 49.0 Å². The molecule has 2 aromatic rings. The van der Waals surface area contributed by atoms with Crippen molar-refractivity contribution in [2.24, 2.45) is 5.92 Å². The smallest absolute Gasteiger partial charge is 0.348 e. The van der Waals surface area contributed by atoms with Crippen LogP contribution in [-0.2, 0) is 11.2 Å². The van der Waals surface area contributed by atoms with Gasteiger partial charge in [0.25, 0.3) is 0 Å². The van der Waals surface area contributed by atoms with Crippen LogP contribution in [-0.4, -0.2) is 19.7 Å². The summed E-state index contributed by atoms with van der Waals surface area (Å²) in [7, 11) is 1.40. The highest BCUT2D eigenvalue weighted by atomic mass is 35.5. The van der Waals surface area contributed by atoms with Gasteiger partial charge >= 0.3 is 5.97 Å². The second-order valence-electron chi connectivity index (χ2n) is 6.93. The fraction of sp³-hybridized carbons (Fsp3) is 0.500. The number of esters is 1. The number of carbonyl (C=O) groups is 1. The molecule has 1 aromatic heterocycles. The molecule has 1 fully saturated rings. The number of rotatable bonds is 6. The molecule has 0 radical (unpaired) electrons. The van der Waals surface area contributed by atoms with Crippen LogP contribution in [0.5, 0.6) is 5.75 Å². The third-order valence-electron chi connectivity index (χ3n) is 4.52. The molecule has 1 aromatic carbocycles. The highest BCUT2D eigenvalue weighted by molar-refractivity contribution is 7.13. The van der Waals surface area contributed by atoms with E-state index in [9.17, 15) is 4.79 Å². The lowest BCUT2D eigenvalue weighted by atomic mass is 10.1. The van der Waals surface area contributed by atoms with Gasteiger partial charge in [-0.05, 0) is 68.0 Å². The van der Waals surface area contributed by atoms with Crippen molar-refractivity contribution >= 4 is 28.9 Å². The van der Waals surface area contributed by atoms with Crippen molar-refractivity contribution in [3.8, 4) is 5.75 Å². The summed E-state index contributed by atoms with van der Waals surface area (Å²) in [6, 6.07) is 9.69. The van der Waals surface area contributed by atoms with Crippen LogP contribution in [0.3, 0.4) is 0 Å². The minimum absolute atomic E-state index is 0.234. The van der Waals surface area contributed by atoms with E-state index in [-0.39, 0.29) is 5.97 Å². The van der Waals surface area contributed by atoms with Gasteiger partial charge < -0.3 is 9.47 Å². The molecule has 5 heteroatoms. The largest absolute Gasteiger partial charge is 0.493 e. The lowest BCUT2D eigenvalue weighted by molar-refractivity contribution is 0.0606. The third-order valence-corrected chi connectivity index (χ3v) is 5.86. The summed E-state index contributed by atoms with van der Waals surface area (Å²) >= 11 is 7.48. The molecule has 0 unspecified atom stereocenters. The first-order chi connectivity index (χ1) is 13.0. The lowest BCUT2D eigenvalue weighted by Gasteiger charge is -2.12. The molecule has 0 spiro atoms. The van der Waals surface area contributed by atoms with Crippen LogP contribution < -0.4 is 4.74 Å². The molecule has 0 bridgehead atoms. The summed E-state index contributed by atoms with van der Waals surface area (Å²) in [6.07, 6.45) is 7.52. The number of benzene rings is 1. The fourth-order valence-electron chi connectivity index (χ4n) is 3.15. The number of hydrogen-bond donors (Lipinski definition) is 0.